The lowest BCUT2D eigenvalue weighted by Gasteiger charge is -2.13. The van der Waals surface area contributed by atoms with Crippen molar-refractivity contribution in [2.24, 2.45) is 11.5 Å². The summed E-state index contributed by atoms with van der Waals surface area (Å²) in [7, 11) is 0. The Kier molecular flexibility index (Phi) is 6.20. The van der Waals surface area contributed by atoms with E-state index in [-0.39, 0.29) is 17.2 Å². The largest absolute Gasteiger partial charge is 0.369 e. The van der Waals surface area contributed by atoms with Crippen LogP contribution in [0.1, 0.15) is 26.7 Å². The van der Waals surface area contributed by atoms with Gasteiger partial charge in [-0.15, -0.1) is 11.8 Å². The Bertz CT molecular complexity index is 141. The molecule has 0 bridgehead atoms. The Morgan fingerprint density at radius 2 is 2.00 bits per heavy atom. The molecule has 72 valence electrons. The second-order valence-electron chi connectivity index (χ2n) is 2.80. The van der Waals surface area contributed by atoms with Gasteiger partial charge in [0, 0.05) is 11.8 Å². The SMILES string of the molecule is CCC(N)CSC(CC)C(N)=O. The van der Waals surface area contributed by atoms with Gasteiger partial charge < -0.3 is 11.5 Å². The number of rotatable bonds is 6. The van der Waals surface area contributed by atoms with Gasteiger partial charge in [0.1, 0.15) is 0 Å². The standard InChI is InChI=1S/C8H18N2OS/c1-3-6(9)5-12-7(4-2)8(10)11/h6-7H,3-5,9H2,1-2H3,(H2,10,11). The van der Waals surface area contributed by atoms with Crippen molar-refractivity contribution in [3.05, 3.63) is 0 Å². The maximum atomic E-state index is 10.8. The van der Waals surface area contributed by atoms with Crippen molar-refractivity contribution < 1.29 is 4.79 Å². The van der Waals surface area contributed by atoms with Crippen LogP contribution in [-0.4, -0.2) is 23.0 Å². The molecule has 0 radical (unpaired) electrons. The Labute approximate surface area is 78.3 Å². The molecule has 0 heterocycles. The Morgan fingerprint density at radius 1 is 1.42 bits per heavy atom. The molecule has 12 heavy (non-hydrogen) atoms. The van der Waals surface area contributed by atoms with Crippen LogP contribution >= 0.6 is 11.8 Å². The van der Waals surface area contributed by atoms with E-state index in [0.29, 0.717) is 0 Å². The van der Waals surface area contributed by atoms with Gasteiger partial charge in [-0.3, -0.25) is 4.79 Å². The molecule has 0 aromatic carbocycles. The number of hydrogen-bond acceptors (Lipinski definition) is 3. The number of amides is 1. The van der Waals surface area contributed by atoms with Crippen LogP contribution in [0.5, 0.6) is 0 Å². The van der Waals surface area contributed by atoms with Gasteiger partial charge >= 0.3 is 0 Å². The first kappa shape index (κ1) is 11.8. The van der Waals surface area contributed by atoms with E-state index in [1.54, 1.807) is 11.8 Å². The van der Waals surface area contributed by atoms with E-state index in [1.807, 2.05) is 13.8 Å². The molecule has 2 atom stereocenters. The van der Waals surface area contributed by atoms with Crippen LogP contribution in [0.15, 0.2) is 0 Å². The van der Waals surface area contributed by atoms with Crippen LogP contribution < -0.4 is 11.5 Å². The molecule has 0 saturated carbocycles. The van der Waals surface area contributed by atoms with Gasteiger partial charge in [0.2, 0.25) is 5.91 Å². The Morgan fingerprint density at radius 3 is 2.33 bits per heavy atom. The third-order valence-electron chi connectivity index (χ3n) is 1.72. The minimum atomic E-state index is -0.231. The molecule has 0 aromatic rings. The molecule has 3 nitrogen and oxygen atoms in total. The molecule has 0 spiro atoms. The highest BCUT2D eigenvalue weighted by molar-refractivity contribution is 8.00. The third kappa shape index (κ3) is 4.62. The molecule has 0 aromatic heterocycles. The van der Waals surface area contributed by atoms with Crippen molar-refractivity contribution >= 4 is 17.7 Å². The molecule has 2 unspecified atom stereocenters. The van der Waals surface area contributed by atoms with Crippen molar-refractivity contribution in [3.8, 4) is 0 Å². The monoisotopic (exact) mass is 190 g/mol. The van der Waals surface area contributed by atoms with E-state index in [2.05, 4.69) is 0 Å². The summed E-state index contributed by atoms with van der Waals surface area (Å²) < 4.78 is 0. The van der Waals surface area contributed by atoms with Crippen LogP contribution in [0.2, 0.25) is 0 Å². The Hall–Kier alpha value is -0.220. The molecular weight excluding hydrogens is 172 g/mol. The number of hydrogen-bond donors (Lipinski definition) is 2. The zero-order chi connectivity index (χ0) is 9.56. The number of primary amides is 1. The summed E-state index contributed by atoms with van der Waals surface area (Å²) in [6.45, 7) is 4.00. The van der Waals surface area contributed by atoms with Crippen molar-refractivity contribution in [2.45, 2.75) is 38.0 Å². The highest BCUT2D eigenvalue weighted by Crippen LogP contribution is 2.15. The smallest absolute Gasteiger partial charge is 0.230 e. The highest BCUT2D eigenvalue weighted by Gasteiger charge is 2.13. The van der Waals surface area contributed by atoms with Crippen molar-refractivity contribution in [1.82, 2.24) is 0 Å². The van der Waals surface area contributed by atoms with E-state index in [0.717, 1.165) is 18.6 Å². The fraction of sp³-hybridized carbons (Fsp3) is 0.875. The van der Waals surface area contributed by atoms with Gasteiger partial charge in [-0.05, 0) is 12.8 Å². The van der Waals surface area contributed by atoms with E-state index in [1.165, 1.54) is 0 Å². The zero-order valence-electron chi connectivity index (χ0n) is 7.75. The van der Waals surface area contributed by atoms with Crippen molar-refractivity contribution in [1.29, 1.82) is 0 Å². The van der Waals surface area contributed by atoms with E-state index >= 15 is 0 Å². The fourth-order valence-electron chi connectivity index (χ4n) is 0.759. The molecule has 0 aliphatic carbocycles. The number of nitrogens with two attached hydrogens (primary N) is 2. The highest BCUT2D eigenvalue weighted by atomic mass is 32.2. The first-order chi connectivity index (χ1) is 5.61. The van der Waals surface area contributed by atoms with Crippen molar-refractivity contribution in [2.75, 3.05) is 5.75 Å². The van der Waals surface area contributed by atoms with E-state index in [4.69, 9.17) is 11.5 Å². The van der Waals surface area contributed by atoms with E-state index in [9.17, 15) is 4.79 Å². The van der Waals surface area contributed by atoms with Gasteiger partial charge in [0.25, 0.3) is 0 Å². The van der Waals surface area contributed by atoms with E-state index < -0.39 is 0 Å². The molecule has 0 fully saturated rings. The normalized spacial score (nSPS) is 15.6. The molecule has 1 amide bonds. The van der Waals surface area contributed by atoms with Gasteiger partial charge in [-0.2, -0.15) is 0 Å². The lowest BCUT2D eigenvalue weighted by atomic mass is 10.3. The van der Waals surface area contributed by atoms with Crippen LogP contribution in [0.4, 0.5) is 0 Å². The molecule has 0 saturated heterocycles. The quantitative estimate of drug-likeness (QED) is 0.648. The lowest BCUT2D eigenvalue weighted by molar-refractivity contribution is -0.117. The number of carbonyl (C=O) groups is 1. The van der Waals surface area contributed by atoms with Gasteiger partial charge in [-0.1, -0.05) is 13.8 Å². The zero-order valence-corrected chi connectivity index (χ0v) is 8.56. The van der Waals surface area contributed by atoms with Crippen LogP contribution in [-0.2, 0) is 4.79 Å². The summed E-state index contributed by atoms with van der Waals surface area (Å²) in [4.78, 5) is 10.8. The molecule has 0 rings (SSSR count). The minimum Gasteiger partial charge on any atom is -0.369 e. The molecular formula is C8H18N2OS. The average Bonchev–Trinajstić information content (AvgIpc) is 2.04. The topological polar surface area (TPSA) is 69.1 Å². The van der Waals surface area contributed by atoms with Gasteiger partial charge in [-0.25, -0.2) is 0 Å². The van der Waals surface area contributed by atoms with Crippen LogP contribution in [0.25, 0.3) is 0 Å². The number of carbonyl (C=O) groups excluding carboxylic acids is 1. The molecule has 4 N–H and O–H groups in total. The summed E-state index contributed by atoms with van der Waals surface area (Å²) in [5, 5.41) is -0.0670. The number of thioether (sulfide) groups is 1. The Balaban J connectivity index is 3.65. The minimum absolute atomic E-state index is 0.0670. The maximum Gasteiger partial charge on any atom is 0.230 e. The first-order valence-electron chi connectivity index (χ1n) is 4.28. The van der Waals surface area contributed by atoms with Gasteiger partial charge in [0.05, 0.1) is 5.25 Å². The summed E-state index contributed by atoms with van der Waals surface area (Å²) in [6, 6.07) is 0.184. The third-order valence-corrected chi connectivity index (χ3v) is 3.31. The summed E-state index contributed by atoms with van der Waals surface area (Å²) in [5.41, 5.74) is 10.9. The predicted molar refractivity (Wildman–Crippen MR) is 54.0 cm³/mol. The maximum absolute atomic E-state index is 10.8. The summed E-state index contributed by atoms with van der Waals surface area (Å²) in [5.74, 6) is 0.587. The second kappa shape index (κ2) is 6.31. The fourth-order valence-corrected chi connectivity index (χ4v) is 1.87. The lowest BCUT2D eigenvalue weighted by Crippen LogP contribution is -2.29. The first-order valence-corrected chi connectivity index (χ1v) is 5.33. The average molecular weight is 190 g/mol. The summed E-state index contributed by atoms with van der Waals surface area (Å²) >= 11 is 1.56. The predicted octanol–water partition coefficient (Wildman–Crippen LogP) is 0.721. The second-order valence-corrected chi connectivity index (χ2v) is 4.04. The van der Waals surface area contributed by atoms with Crippen LogP contribution in [0.3, 0.4) is 0 Å². The molecule has 0 aliphatic heterocycles. The van der Waals surface area contributed by atoms with Gasteiger partial charge in [0.15, 0.2) is 0 Å². The molecule has 4 heteroatoms. The molecule has 0 aliphatic rings. The van der Waals surface area contributed by atoms with Crippen LogP contribution in [0, 0.1) is 0 Å². The summed E-state index contributed by atoms with van der Waals surface area (Å²) in [6.07, 6.45) is 1.73. The van der Waals surface area contributed by atoms with Crippen molar-refractivity contribution in [3.63, 3.8) is 0 Å².